The Morgan fingerprint density at radius 1 is 1.03 bits per heavy atom. The quantitative estimate of drug-likeness (QED) is 0.494. The van der Waals surface area contributed by atoms with Gasteiger partial charge in [0.15, 0.2) is 0 Å². The molecule has 0 bridgehead atoms. The van der Waals surface area contributed by atoms with Crippen molar-refractivity contribution in [3.05, 3.63) is 60.7 Å². The lowest BCUT2D eigenvalue weighted by molar-refractivity contribution is 0.0308. The van der Waals surface area contributed by atoms with E-state index in [1.54, 1.807) is 0 Å². The molecule has 0 saturated carbocycles. The molecular weight excluding hydrogens is 410 g/mol. The minimum Gasteiger partial charge on any atom is -0.406 e. The van der Waals surface area contributed by atoms with Crippen molar-refractivity contribution in [3.8, 4) is 11.8 Å². The molecule has 1 fully saturated rings. The maximum Gasteiger partial charge on any atom is 0.261 e. The topological polar surface area (TPSA) is 41.5 Å². The molecule has 0 spiro atoms. The van der Waals surface area contributed by atoms with Gasteiger partial charge in [-0.2, -0.15) is 0 Å². The maximum atomic E-state index is 10.8. The van der Waals surface area contributed by atoms with E-state index in [1.807, 2.05) is 6.92 Å². The fourth-order valence-electron chi connectivity index (χ4n) is 4.80. The first-order valence-corrected chi connectivity index (χ1v) is 13.8. The van der Waals surface area contributed by atoms with Crippen LogP contribution in [0.2, 0.25) is 5.04 Å². The Morgan fingerprint density at radius 2 is 1.59 bits per heavy atom. The molecule has 0 aliphatic carbocycles. The van der Waals surface area contributed by atoms with Gasteiger partial charge in [-0.3, -0.25) is 0 Å². The summed E-state index contributed by atoms with van der Waals surface area (Å²) in [5.41, 5.74) is -0.790. The van der Waals surface area contributed by atoms with Crippen LogP contribution in [0.5, 0.6) is 0 Å². The average Bonchev–Trinajstić information content (AvgIpc) is 3.31. The fourth-order valence-corrected chi connectivity index (χ4v) is 9.45. The van der Waals surface area contributed by atoms with Gasteiger partial charge in [-0.15, -0.1) is 0 Å². The molecule has 4 heteroatoms. The molecule has 1 saturated heterocycles. The van der Waals surface area contributed by atoms with Crippen LogP contribution in [-0.4, -0.2) is 38.2 Å². The van der Waals surface area contributed by atoms with E-state index < -0.39 is 13.9 Å². The molecule has 0 aromatic heterocycles. The van der Waals surface area contributed by atoms with Crippen LogP contribution in [0.3, 0.4) is 0 Å². The Balaban J connectivity index is 1.81. The number of hydrogen-bond acceptors (Lipinski definition) is 3. The van der Waals surface area contributed by atoms with Crippen LogP contribution < -0.4 is 15.7 Å². The van der Waals surface area contributed by atoms with Crippen molar-refractivity contribution in [2.45, 2.75) is 70.6 Å². The van der Waals surface area contributed by atoms with Gasteiger partial charge in [-0.25, -0.2) is 0 Å². The van der Waals surface area contributed by atoms with Crippen molar-refractivity contribution in [2.75, 3.05) is 13.2 Å². The zero-order valence-electron chi connectivity index (χ0n) is 20.3. The van der Waals surface area contributed by atoms with E-state index in [4.69, 9.17) is 4.43 Å². The van der Waals surface area contributed by atoms with Gasteiger partial charge in [0.1, 0.15) is 0 Å². The third kappa shape index (κ3) is 5.53. The summed E-state index contributed by atoms with van der Waals surface area (Å²) in [6, 6.07) is 21.6. The second-order valence-corrected chi connectivity index (χ2v) is 14.7. The van der Waals surface area contributed by atoms with Crippen LogP contribution in [0.15, 0.2) is 60.7 Å². The third-order valence-electron chi connectivity index (χ3n) is 6.57. The Labute approximate surface area is 195 Å². The SMILES string of the molecule is C[C@@H](C#CC[C@](C)(O)[C@@H]1CCCN1)CO[Si](c1ccccc1)(c1ccccc1)C(C)(C)C. The van der Waals surface area contributed by atoms with Crippen LogP contribution in [0.25, 0.3) is 0 Å². The summed E-state index contributed by atoms with van der Waals surface area (Å²) in [5, 5.41) is 16.7. The van der Waals surface area contributed by atoms with Crippen LogP contribution in [0.1, 0.15) is 53.9 Å². The molecule has 32 heavy (non-hydrogen) atoms. The summed E-state index contributed by atoms with van der Waals surface area (Å²) in [5.74, 6) is 6.69. The van der Waals surface area contributed by atoms with Crippen molar-refractivity contribution in [3.63, 3.8) is 0 Å². The highest BCUT2D eigenvalue weighted by Crippen LogP contribution is 2.37. The second-order valence-electron chi connectivity index (χ2n) is 10.4. The highest BCUT2D eigenvalue weighted by molar-refractivity contribution is 6.99. The van der Waals surface area contributed by atoms with E-state index in [1.165, 1.54) is 10.4 Å². The maximum absolute atomic E-state index is 10.8. The van der Waals surface area contributed by atoms with Crippen LogP contribution >= 0.6 is 0 Å². The van der Waals surface area contributed by atoms with Gasteiger partial charge in [-0.1, -0.05) is 93.3 Å². The predicted molar refractivity (Wildman–Crippen MR) is 137 cm³/mol. The normalized spacial score (nSPS) is 19.6. The van der Waals surface area contributed by atoms with E-state index in [2.05, 4.69) is 106 Å². The monoisotopic (exact) mass is 449 g/mol. The van der Waals surface area contributed by atoms with Crippen molar-refractivity contribution >= 4 is 18.7 Å². The highest BCUT2D eigenvalue weighted by Gasteiger charge is 2.50. The van der Waals surface area contributed by atoms with E-state index in [0.29, 0.717) is 13.0 Å². The number of aliphatic hydroxyl groups is 1. The molecular formula is C28H39NO2Si. The summed E-state index contributed by atoms with van der Waals surface area (Å²) in [7, 11) is -2.54. The van der Waals surface area contributed by atoms with Crippen LogP contribution in [0.4, 0.5) is 0 Å². The molecule has 2 aromatic rings. The lowest BCUT2D eigenvalue weighted by atomic mass is 9.91. The number of hydrogen-bond donors (Lipinski definition) is 2. The predicted octanol–water partition coefficient (Wildman–Crippen LogP) is 4.10. The van der Waals surface area contributed by atoms with Crippen LogP contribution in [-0.2, 0) is 4.43 Å². The zero-order valence-corrected chi connectivity index (χ0v) is 21.3. The molecule has 3 rings (SSSR count). The summed E-state index contributed by atoms with van der Waals surface area (Å²) >= 11 is 0. The minimum atomic E-state index is -2.54. The van der Waals surface area contributed by atoms with Gasteiger partial charge in [-0.05, 0) is 48.6 Å². The number of benzene rings is 2. The van der Waals surface area contributed by atoms with Gasteiger partial charge < -0.3 is 14.8 Å². The lowest BCUT2D eigenvalue weighted by Crippen LogP contribution is -2.66. The number of rotatable bonds is 7. The van der Waals surface area contributed by atoms with Crippen molar-refractivity contribution < 1.29 is 9.53 Å². The average molecular weight is 450 g/mol. The molecule has 1 aliphatic heterocycles. The van der Waals surface area contributed by atoms with E-state index in [9.17, 15) is 5.11 Å². The van der Waals surface area contributed by atoms with Gasteiger partial charge in [0, 0.05) is 25.0 Å². The van der Waals surface area contributed by atoms with Gasteiger partial charge in [0.05, 0.1) is 5.60 Å². The zero-order chi connectivity index (χ0) is 23.2. The Hall–Kier alpha value is -1.90. The van der Waals surface area contributed by atoms with Gasteiger partial charge >= 0.3 is 0 Å². The summed E-state index contributed by atoms with van der Waals surface area (Å²) in [6.07, 6.45) is 2.62. The van der Waals surface area contributed by atoms with Crippen molar-refractivity contribution in [1.29, 1.82) is 0 Å². The Kier molecular flexibility index (Phi) is 8.00. The van der Waals surface area contributed by atoms with E-state index in [-0.39, 0.29) is 17.0 Å². The first kappa shape index (κ1) is 24.7. The molecule has 0 unspecified atom stereocenters. The molecule has 3 nitrogen and oxygen atoms in total. The fraction of sp³-hybridized carbons (Fsp3) is 0.500. The van der Waals surface area contributed by atoms with E-state index >= 15 is 0 Å². The lowest BCUT2D eigenvalue weighted by Gasteiger charge is -2.43. The standard InChI is InChI=1S/C28H39NO2Si/c1-23(14-12-20-28(5,30)26-19-13-21-29-26)22-31-32(27(2,3)4,24-15-8-6-9-16-24)25-17-10-7-11-18-25/h6-11,15-18,23,26,29-30H,13,19-22H2,1-5H3/t23-,26-,28-/m0/s1. The molecule has 1 aliphatic rings. The third-order valence-corrected chi connectivity index (χ3v) is 11.6. The molecule has 3 atom stereocenters. The van der Waals surface area contributed by atoms with Crippen molar-refractivity contribution in [1.82, 2.24) is 5.32 Å². The smallest absolute Gasteiger partial charge is 0.261 e. The van der Waals surface area contributed by atoms with E-state index in [0.717, 1.165) is 19.4 Å². The molecule has 172 valence electrons. The number of nitrogens with one attached hydrogen (secondary N) is 1. The Bertz CT molecular complexity index is 864. The minimum absolute atomic E-state index is 0.0410. The molecule has 2 aromatic carbocycles. The molecule has 0 radical (unpaired) electrons. The van der Waals surface area contributed by atoms with Crippen LogP contribution in [0, 0.1) is 17.8 Å². The van der Waals surface area contributed by atoms with Crippen molar-refractivity contribution in [2.24, 2.45) is 5.92 Å². The molecule has 0 amide bonds. The highest BCUT2D eigenvalue weighted by atomic mass is 28.4. The first-order valence-electron chi connectivity index (χ1n) is 11.9. The van der Waals surface area contributed by atoms with Gasteiger partial charge in [0.25, 0.3) is 8.32 Å². The summed E-state index contributed by atoms with van der Waals surface area (Å²) < 4.78 is 6.97. The largest absolute Gasteiger partial charge is 0.406 e. The second kappa shape index (κ2) is 10.4. The summed E-state index contributed by atoms with van der Waals surface area (Å²) in [4.78, 5) is 0. The Morgan fingerprint density at radius 3 is 2.06 bits per heavy atom. The first-order chi connectivity index (χ1) is 15.2. The molecule has 1 heterocycles. The van der Waals surface area contributed by atoms with Gasteiger partial charge in [0.2, 0.25) is 0 Å². The summed E-state index contributed by atoms with van der Waals surface area (Å²) in [6.45, 7) is 12.5. The molecule has 2 N–H and O–H groups in total.